The number of nitrogens with one attached hydrogen (secondary N) is 2. The molecule has 188 valence electrons. The van der Waals surface area contributed by atoms with Crippen molar-refractivity contribution in [1.29, 1.82) is 0 Å². The first-order valence-electron chi connectivity index (χ1n) is 11.4. The number of carbonyl (C=O) groups excluding carboxylic acids is 2. The zero-order valence-corrected chi connectivity index (χ0v) is 21.5. The minimum absolute atomic E-state index is 0.115. The molecule has 0 aliphatic rings. The van der Waals surface area contributed by atoms with Gasteiger partial charge in [-0.1, -0.05) is 42.5 Å². The van der Waals surface area contributed by atoms with Gasteiger partial charge in [-0.15, -0.1) is 0 Å². The van der Waals surface area contributed by atoms with Crippen LogP contribution in [0.15, 0.2) is 88.4 Å². The Hall–Kier alpha value is -4.37. The maximum absolute atomic E-state index is 12.6. The Balaban J connectivity index is 1.44. The van der Waals surface area contributed by atoms with Crippen LogP contribution in [0.5, 0.6) is 17.2 Å². The van der Waals surface area contributed by atoms with Gasteiger partial charge in [-0.3, -0.25) is 9.59 Å². The van der Waals surface area contributed by atoms with Gasteiger partial charge in [0.25, 0.3) is 11.8 Å². The number of hydrazone groups is 1. The molecule has 0 saturated heterocycles. The van der Waals surface area contributed by atoms with Crippen molar-refractivity contribution < 1.29 is 24.2 Å². The second kappa shape index (κ2) is 12.0. The number of carbonyl (C=O) groups is 2. The lowest BCUT2D eigenvalue weighted by atomic mass is 10.1. The molecule has 0 aromatic heterocycles. The number of amides is 2. The lowest BCUT2D eigenvalue weighted by Crippen LogP contribution is -2.20. The van der Waals surface area contributed by atoms with Crippen LogP contribution in [0.4, 0.5) is 5.69 Å². The molecule has 37 heavy (non-hydrogen) atoms. The molecule has 9 heteroatoms. The van der Waals surface area contributed by atoms with E-state index in [1.54, 1.807) is 30.3 Å². The van der Waals surface area contributed by atoms with E-state index in [-0.39, 0.29) is 23.8 Å². The molecule has 0 saturated carbocycles. The summed E-state index contributed by atoms with van der Waals surface area (Å²) in [5.41, 5.74) is 3.83. The molecule has 0 radical (unpaired) electrons. The van der Waals surface area contributed by atoms with E-state index in [0.29, 0.717) is 33.8 Å². The zero-order valence-electron chi connectivity index (χ0n) is 19.9. The molecule has 0 aliphatic heterocycles. The maximum atomic E-state index is 12.6. The van der Waals surface area contributed by atoms with Crippen molar-refractivity contribution in [2.75, 3.05) is 18.5 Å². The molecular weight excluding hydrogens is 538 g/mol. The number of hydrogen-bond acceptors (Lipinski definition) is 6. The number of halogens is 1. The second-order valence-corrected chi connectivity index (χ2v) is 8.74. The maximum Gasteiger partial charge on any atom is 0.275 e. The van der Waals surface area contributed by atoms with Gasteiger partial charge in [0.15, 0.2) is 18.1 Å². The number of rotatable bonds is 9. The zero-order chi connectivity index (χ0) is 26.2. The molecule has 0 heterocycles. The lowest BCUT2D eigenvalue weighted by Gasteiger charge is -2.14. The standard InChI is InChI=1S/C28H24BrN3O5/c1-2-36-25-13-18(12-23(29)27(25)37-17-26(34)31-21-10-4-3-5-11-21)16-30-32-28(35)22-14-19-8-6-7-9-20(19)15-24(22)33/h3-16,33H,2,17H2,1H3,(H,31,34)(H,32,35). The van der Waals surface area contributed by atoms with Gasteiger partial charge in [0.1, 0.15) is 5.75 Å². The van der Waals surface area contributed by atoms with E-state index in [2.05, 4.69) is 31.8 Å². The van der Waals surface area contributed by atoms with Gasteiger partial charge in [0.2, 0.25) is 0 Å². The topological polar surface area (TPSA) is 109 Å². The van der Waals surface area contributed by atoms with E-state index < -0.39 is 5.91 Å². The van der Waals surface area contributed by atoms with Crippen molar-refractivity contribution in [3.8, 4) is 17.2 Å². The van der Waals surface area contributed by atoms with E-state index in [1.165, 1.54) is 12.3 Å². The van der Waals surface area contributed by atoms with Crippen LogP contribution in [0.1, 0.15) is 22.8 Å². The molecule has 0 fully saturated rings. The van der Waals surface area contributed by atoms with Crippen molar-refractivity contribution >= 4 is 50.4 Å². The fraction of sp³-hybridized carbons (Fsp3) is 0.107. The Morgan fingerprint density at radius 1 is 0.973 bits per heavy atom. The Kier molecular flexibility index (Phi) is 8.37. The van der Waals surface area contributed by atoms with Crippen molar-refractivity contribution in [3.05, 3.63) is 94.5 Å². The summed E-state index contributed by atoms with van der Waals surface area (Å²) in [6.07, 6.45) is 1.44. The first-order valence-corrected chi connectivity index (χ1v) is 12.2. The summed E-state index contributed by atoms with van der Waals surface area (Å²) in [6.45, 7) is 1.99. The molecule has 4 aromatic carbocycles. The number of benzene rings is 4. The van der Waals surface area contributed by atoms with Crippen LogP contribution in [-0.2, 0) is 4.79 Å². The summed E-state index contributed by atoms with van der Waals surface area (Å²) < 4.78 is 12.0. The summed E-state index contributed by atoms with van der Waals surface area (Å²) in [6, 6.07) is 23.1. The number of ether oxygens (including phenoxy) is 2. The SMILES string of the molecule is CCOc1cc(C=NNC(=O)c2cc3ccccc3cc2O)cc(Br)c1OCC(=O)Nc1ccccc1. The third kappa shape index (κ3) is 6.65. The summed E-state index contributed by atoms with van der Waals surface area (Å²) in [4.78, 5) is 24.9. The molecule has 4 rings (SSSR count). The number of phenolic OH excluding ortho intramolecular Hbond substituents is 1. The number of nitrogens with zero attached hydrogens (tertiary/aromatic N) is 1. The molecule has 0 spiro atoms. The third-order valence-electron chi connectivity index (χ3n) is 5.23. The van der Waals surface area contributed by atoms with Crippen LogP contribution < -0.4 is 20.2 Å². The highest BCUT2D eigenvalue weighted by atomic mass is 79.9. The minimum Gasteiger partial charge on any atom is -0.507 e. The Morgan fingerprint density at radius 2 is 1.68 bits per heavy atom. The van der Waals surface area contributed by atoms with Gasteiger partial charge in [0, 0.05) is 5.69 Å². The average Bonchev–Trinajstić information content (AvgIpc) is 2.88. The van der Waals surface area contributed by atoms with Crippen LogP contribution >= 0.6 is 15.9 Å². The van der Waals surface area contributed by atoms with Gasteiger partial charge in [-0.25, -0.2) is 5.43 Å². The molecule has 4 aromatic rings. The van der Waals surface area contributed by atoms with Gasteiger partial charge < -0.3 is 19.9 Å². The van der Waals surface area contributed by atoms with Crippen LogP contribution in [0, 0.1) is 0 Å². The van der Waals surface area contributed by atoms with Gasteiger partial charge in [-0.05, 0) is 75.6 Å². The molecule has 8 nitrogen and oxygen atoms in total. The van der Waals surface area contributed by atoms with Crippen molar-refractivity contribution in [1.82, 2.24) is 5.43 Å². The quantitative estimate of drug-likeness (QED) is 0.185. The highest BCUT2D eigenvalue weighted by Crippen LogP contribution is 2.36. The van der Waals surface area contributed by atoms with Gasteiger partial charge >= 0.3 is 0 Å². The van der Waals surface area contributed by atoms with Crippen LogP contribution in [-0.4, -0.2) is 36.3 Å². The number of para-hydroxylation sites is 1. The predicted molar refractivity (Wildman–Crippen MR) is 147 cm³/mol. The van der Waals surface area contributed by atoms with E-state index >= 15 is 0 Å². The van der Waals surface area contributed by atoms with E-state index in [9.17, 15) is 14.7 Å². The van der Waals surface area contributed by atoms with Gasteiger partial charge in [-0.2, -0.15) is 5.10 Å². The molecule has 0 aliphatic carbocycles. The molecule has 0 unspecified atom stereocenters. The largest absolute Gasteiger partial charge is 0.507 e. The highest BCUT2D eigenvalue weighted by Gasteiger charge is 2.15. The van der Waals surface area contributed by atoms with Crippen molar-refractivity contribution in [2.45, 2.75) is 6.92 Å². The monoisotopic (exact) mass is 561 g/mol. The molecular formula is C28H24BrN3O5. The highest BCUT2D eigenvalue weighted by molar-refractivity contribution is 9.10. The molecule has 3 N–H and O–H groups in total. The number of anilines is 1. The van der Waals surface area contributed by atoms with E-state index in [4.69, 9.17) is 9.47 Å². The van der Waals surface area contributed by atoms with Crippen LogP contribution in [0.25, 0.3) is 10.8 Å². The van der Waals surface area contributed by atoms with Crippen LogP contribution in [0.2, 0.25) is 0 Å². The Morgan fingerprint density at radius 3 is 2.41 bits per heavy atom. The van der Waals surface area contributed by atoms with Gasteiger partial charge in [0.05, 0.1) is 22.9 Å². The van der Waals surface area contributed by atoms with E-state index in [1.807, 2.05) is 49.4 Å². The van der Waals surface area contributed by atoms with Crippen LogP contribution in [0.3, 0.4) is 0 Å². The summed E-state index contributed by atoms with van der Waals surface area (Å²) >= 11 is 3.46. The molecule has 2 amide bonds. The summed E-state index contributed by atoms with van der Waals surface area (Å²) in [7, 11) is 0. The molecule has 0 atom stereocenters. The normalized spacial score (nSPS) is 10.9. The number of hydrogen-bond donors (Lipinski definition) is 3. The van der Waals surface area contributed by atoms with Crippen molar-refractivity contribution in [3.63, 3.8) is 0 Å². The predicted octanol–water partition coefficient (Wildman–Crippen LogP) is 5.49. The Bertz CT molecular complexity index is 1460. The summed E-state index contributed by atoms with van der Waals surface area (Å²) in [5, 5.41) is 18.7. The fourth-order valence-corrected chi connectivity index (χ4v) is 4.13. The fourth-order valence-electron chi connectivity index (χ4n) is 3.56. The second-order valence-electron chi connectivity index (χ2n) is 7.88. The Labute approximate surface area is 222 Å². The number of aromatic hydroxyl groups is 1. The smallest absolute Gasteiger partial charge is 0.275 e. The third-order valence-corrected chi connectivity index (χ3v) is 5.81. The first-order chi connectivity index (χ1) is 17.9. The van der Waals surface area contributed by atoms with E-state index in [0.717, 1.165) is 10.8 Å². The molecule has 0 bridgehead atoms. The number of fused-ring (bicyclic) bond motifs is 1. The average molecular weight is 562 g/mol. The number of phenols is 1. The van der Waals surface area contributed by atoms with Crippen molar-refractivity contribution in [2.24, 2.45) is 5.10 Å². The summed E-state index contributed by atoms with van der Waals surface area (Å²) in [5.74, 6) is -0.221. The first kappa shape index (κ1) is 25.7. The minimum atomic E-state index is -0.548. The lowest BCUT2D eigenvalue weighted by molar-refractivity contribution is -0.118.